The summed E-state index contributed by atoms with van der Waals surface area (Å²) in [5.41, 5.74) is 5.65. The van der Waals surface area contributed by atoms with Crippen molar-refractivity contribution in [2.45, 2.75) is 32.7 Å². The Morgan fingerprint density at radius 3 is 2.83 bits per heavy atom. The molecular formula is C9H18N2O. The van der Waals surface area contributed by atoms with Gasteiger partial charge in [0.1, 0.15) is 0 Å². The lowest BCUT2D eigenvalue weighted by Crippen LogP contribution is -2.42. The van der Waals surface area contributed by atoms with Gasteiger partial charge >= 0.3 is 0 Å². The Hall–Kier alpha value is -0.570. The molecule has 0 aromatic rings. The van der Waals surface area contributed by atoms with Crippen LogP contribution in [0.4, 0.5) is 0 Å². The maximum atomic E-state index is 11.5. The third kappa shape index (κ3) is 1.97. The molecule has 0 radical (unpaired) electrons. The highest BCUT2D eigenvalue weighted by atomic mass is 16.2. The molecule has 70 valence electrons. The molecule has 1 amide bonds. The van der Waals surface area contributed by atoms with Gasteiger partial charge in [0.05, 0.1) is 6.04 Å². The van der Waals surface area contributed by atoms with E-state index in [1.54, 1.807) is 0 Å². The molecule has 1 rings (SSSR count). The molecule has 12 heavy (non-hydrogen) atoms. The summed E-state index contributed by atoms with van der Waals surface area (Å²) in [4.78, 5) is 13.4. The highest BCUT2D eigenvalue weighted by molar-refractivity contribution is 5.81. The molecule has 0 saturated carbocycles. The molecular weight excluding hydrogens is 152 g/mol. The molecule has 1 saturated heterocycles. The normalized spacial score (nSPS) is 25.9. The summed E-state index contributed by atoms with van der Waals surface area (Å²) in [5.74, 6) is 0.778. The van der Waals surface area contributed by atoms with E-state index in [0.29, 0.717) is 5.92 Å². The third-order valence-electron chi connectivity index (χ3n) is 2.49. The fourth-order valence-electron chi connectivity index (χ4n) is 1.54. The van der Waals surface area contributed by atoms with Gasteiger partial charge in [-0.1, -0.05) is 13.8 Å². The monoisotopic (exact) mass is 170 g/mol. The van der Waals surface area contributed by atoms with Crippen LogP contribution in [0.3, 0.4) is 0 Å². The van der Waals surface area contributed by atoms with E-state index in [-0.39, 0.29) is 11.9 Å². The minimum atomic E-state index is -0.282. The van der Waals surface area contributed by atoms with Gasteiger partial charge in [-0.05, 0) is 18.8 Å². The second kappa shape index (κ2) is 3.90. The summed E-state index contributed by atoms with van der Waals surface area (Å²) >= 11 is 0. The van der Waals surface area contributed by atoms with E-state index in [9.17, 15) is 4.79 Å². The zero-order valence-electron chi connectivity index (χ0n) is 7.92. The Morgan fingerprint density at radius 1 is 1.75 bits per heavy atom. The molecule has 0 spiro atoms. The summed E-state index contributed by atoms with van der Waals surface area (Å²) in [6.07, 6.45) is 1.87. The van der Waals surface area contributed by atoms with E-state index in [2.05, 4.69) is 6.92 Å². The number of carbonyl (C=O) groups excluding carboxylic acids is 1. The minimum absolute atomic E-state index is 0.127. The Balaban J connectivity index is 2.43. The Labute approximate surface area is 73.9 Å². The van der Waals surface area contributed by atoms with Crippen LogP contribution >= 0.6 is 0 Å². The lowest BCUT2D eigenvalue weighted by molar-refractivity contribution is -0.131. The number of rotatable bonds is 2. The molecule has 0 bridgehead atoms. The first-order chi connectivity index (χ1) is 5.65. The van der Waals surface area contributed by atoms with Crippen molar-refractivity contribution in [2.75, 3.05) is 13.1 Å². The van der Waals surface area contributed by atoms with Crippen molar-refractivity contribution in [3.63, 3.8) is 0 Å². The molecule has 0 aromatic heterocycles. The third-order valence-corrected chi connectivity index (χ3v) is 2.49. The highest BCUT2D eigenvalue weighted by Crippen LogP contribution is 2.15. The molecule has 3 heteroatoms. The SMILES string of the molecule is CC[C@@H](N)C(=O)N1CCC(C)C1. The van der Waals surface area contributed by atoms with Gasteiger partial charge in [-0.2, -0.15) is 0 Å². The second-order valence-electron chi connectivity index (χ2n) is 3.69. The van der Waals surface area contributed by atoms with Crippen LogP contribution in [0.5, 0.6) is 0 Å². The van der Waals surface area contributed by atoms with E-state index in [0.717, 1.165) is 25.9 Å². The number of likely N-dealkylation sites (tertiary alicyclic amines) is 1. The fraction of sp³-hybridized carbons (Fsp3) is 0.889. The summed E-state index contributed by atoms with van der Waals surface area (Å²) in [5, 5.41) is 0. The van der Waals surface area contributed by atoms with Crippen LogP contribution in [0.25, 0.3) is 0 Å². The van der Waals surface area contributed by atoms with Crippen molar-refractivity contribution in [3.05, 3.63) is 0 Å². The molecule has 1 unspecified atom stereocenters. The Bertz CT molecular complexity index is 170. The van der Waals surface area contributed by atoms with Gasteiger partial charge < -0.3 is 10.6 Å². The summed E-state index contributed by atoms with van der Waals surface area (Å²) in [6, 6.07) is -0.282. The number of nitrogens with two attached hydrogens (primary N) is 1. The lowest BCUT2D eigenvalue weighted by Gasteiger charge is -2.19. The zero-order chi connectivity index (χ0) is 9.14. The first-order valence-corrected chi connectivity index (χ1v) is 4.69. The molecule has 2 N–H and O–H groups in total. The average Bonchev–Trinajstić information content (AvgIpc) is 2.49. The fourth-order valence-corrected chi connectivity index (χ4v) is 1.54. The van der Waals surface area contributed by atoms with Crippen molar-refractivity contribution in [1.29, 1.82) is 0 Å². The van der Waals surface area contributed by atoms with Crippen molar-refractivity contribution in [2.24, 2.45) is 11.7 Å². The molecule has 0 aromatic carbocycles. The van der Waals surface area contributed by atoms with Crippen LogP contribution in [0.2, 0.25) is 0 Å². The van der Waals surface area contributed by atoms with Gasteiger partial charge in [0.2, 0.25) is 5.91 Å². The first-order valence-electron chi connectivity index (χ1n) is 4.69. The van der Waals surface area contributed by atoms with E-state index in [4.69, 9.17) is 5.73 Å². The lowest BCUT2D eigenvalue weighted by atomic mass is 10.2. The smallest absolute Gasteiger partial charge is 0.239 e. The van der Waals surface area contributed by atoms with Crippen LogP contribution < -0.4 is 5.73 Å². The second-order valence-corrected chi connectivity index (χ2v) is 3.69. The predicted octanol–water partition coefficient (Wildman–Crippen LogP) is 0.592. The average molecular weight is 170 g/mol. The van der Waals surface area contributed by atoms with Crippen LogP contribution in [0, 0.1) is 5.92 Å². The van der Waals surface area contributed by atoms with Crippen LogP contribution in [0.15, 0.2) is 0 Å². The van der Waals surface area contributed by atoms with Gasteiger partial charge in [-0.3, -0.25) is 4.79 Å². The van der Waals surface area contributed by atoms with Gasteiger partial charge in [0.25, 0.3) is 0 Å². The van der Waals surface area contributed by atoms with Gasteiger partial charge in [-0.25, -0.2) is 0 Å². The topological polar surface area (TPSA) is 46.3 Å². The number of hydrogen-bond acceptors (Lipinski definition) is 2. The highest BCUT2D eigenvalue weighted by Gasteiger charge is 2.25. The molecule has 1 aliphatic heterocycles. The van der Waals surface area contributed by atoms with Crippen molar-refractivity contribution < 1.29 is 4.79 Å². The Kier molecular flexibility index (Phi) is 3.09. The number of carbonyl (C=O) groups is 1. The number of nitrogens with zero attached hydrogens (tertiary/aromatic N) is 1. The minimum Gasteiger partial charge on any atom is -0.341 e. The maximum Gasteiger partial charge on any atom is 0.239 e. The molecule has 1 fully saturated rings. The molecule has 1 heterocycles. The summed E-state index contributed by atoms with van der Waals surface area (Å²) < 4.78 is 0. The van der Waals surface area contributed by atoms with E-state index in [1.807, 2.05) is 11.8 Å². The summed E-state index contributed by atoms with van der Waals surface area (Å²) in [7, 11) is 0. The van der Waals surface area contributed by atoms with Crippen LogP contribution in [0.1, 0.15) is 26.7 Å². The van der Waals surface area contributed by atoms with Crippen LogP contribution in [-0.4, -0.2) is 29.9 Å². The van der Waals surface area contributed by atoms with Crippen molar-refractivity contribution >= 4 is 5.91 Å². The van der Waals surface area contributed by atoms with Crippen molar-refractivity contribution in [1.82, 2.24) is 4.90 Å². The van der Waals surface area contributed by atoms with E-state index in [1.165, 1.54) is 0 Å². The van der Waals surface area contributed by atoms with Crippen molar-refractivity contribution in [3.8, 4) is 0 Å². The number of hydrogen-bond donors (Lipinski definition) is 1. The van der Waals surface area contributed by atoms with Gasteiger partial charge in [0, 0.05) is 13.1 Å². The Morgan fingerprint density at radius 2 is 2.42 bits per heavy atom. The predicted molar refractivity (Wildman–Crippen MR) is 48.6 cm³/mol. The summed E-state index contributed by atoms with van der Waals surface area (Å²) in [6.45, 7) is 5.91. The zero-order valence-corrected chi connectivity index (χ0v) is 7.92. The van der Waals surface area contributed by atoms with Gasteiger partial charge in [0.15, 0.2) is 0 Å². The molecule has 2 atom stereocenters. The molecule has 0 aliphatic carbocycles. The molecule has 3 nitrogen and oxygen atoms in total. The van der Waals surface area contributed by atoms with E-state index >= 15 is 0 Å². The first kappa shape index (κ1) is 9.52. The van der Waals surface area contributed by atoms with Gasteiger partial charge in [-0.15, -0.1) is 0 Å². The van der Waals surface area contributed by atoms with E-state index < -0.39 is 0 Å². The number of amides is 1. The molecule has 1 aliphatic rings. The quantitative estimate of drug-likeness (QED) is 0.659. The standard InChI is InChI=1S/C9H18N2O/c1-3-8(10)9(12)11-5-4-7(2)6-11/h7-8H,3-6,10H2,1-2H3/t7?,8-/m1/s1. The largest absolute Gasteiger partial charge is 0.341 e. The maximum absolute atomic E-state index is 11.5. The van der Waals surface area contributed by atoms with Crippen LogP contribution in [-0.2, 0) is 4.79 Å².